The molecule has 0 bridgehead atoms. The maximum atomic E-state index is 12.4. The molecule has 0 aromatic heterocycles. The summed E-state index contributed by atoms with van der Waals surface area (Å²) in [5.74, 6) is -0.00270. The van der Waals surface area contributed by atoms with Crippen molar-refractivity contribution in [2.45, 2.75) is 57.1 Å². The van der Waals surface area contributed by atoms with E-state index in [-0.39, 0.29) is 23.1 Å². The van der Waals surface area contributed by atoms with E-state index in [9.17, 15) is 13.2 Å². The highest BCUT2D eigenvalue weighted by Gasteiger charge is 2.48. The topological polar surface area (TPSA) is 54.5 Å². The number of hydrogen-bond acceptors (Lipinski definition) is 3. The summed E-state index contributed by atoms with van der Waals surface area (Å²) in [7, 11) is -2.01. The summed E-state index contributed by atoms with van der Waals surface area (Å²) in [6, 6.07) is 0. The van der Waals surface area contributed by atoms with Crippen LogP contribution in [0.3, 0.4) is 0 Å². The quantitative estimate of drug-likeness (QED) is 0.732. The van der Waals surface area contributed by atoms with Crippen molar-refractivity contribution in [3.63, 3.8) is 0 Å². The minimum absolute atomic E-state index is 0.0630. The van der Waals surface area contributed by atoms with Crippen LogP contribution in [0.25, 0.3) is 0 Å². The summed E-state index contributed by atoms with van der Waals surface area (Å²) in [4.78, 5) is 12.9. The van der Waals surface area contributed by atoms with Crippen molar-refractivity contribution in [3.8, 4) is 0 Å². The lowest BCUT2D eigenvalue weighted by atomic mass is 10.2. The Morgan fingerprint density at radius 2 is 1.63 bits per heavy atom. The fourth-order valence-corrected chi connectivity index (χ4v) is 9.46. The molecule has 1 atom stereocenters. The van der Waals surface area contributed by atoms with Crippen LogP contribution in [0.4, 0.5) is 0 Å². The molecule has 114 valence electrons. The Balaban J connectivity index is 5.63. The lowest BCUT2D eigenvalue weighted by molar-refractivity contribution is -0.128. The van der Waals surface area contributed by atoms with E-state index in [1.165, 1.54) is 4.90 Å². The van der Waals surface area contributed by atoms with Crippen molar-refractivity contribution in [1.82, 2.24) is 4.90 Å². The minimum atomic E-state index is -3.22. The molecule has 0 aliphatic rings. The molecule has 0 spiro atoms. The zero-order valence-corrected chi connectivity index (χ0v) is 15.4. The number of carbonyl (C=O) groups excluding carboxylic acids is 1. The van der Waals surface area contributed by atoms with Crippen molar-refractivity contribution in [2.24, 2.45) is 0 Å². The molecule has 1 amide bonds. The van der Waals surface area contributed by atoms with Crippen LogP contribution in [0.5, 0.6) is 0 Å². The summed E-state index contributed by atoms with van der Waals surface area (Å²) in [5, 5.41) is -0.0630. The summed E-state index contributed by atoms with van der Waals surface area (Å²) >= 11 is 0. The van der Waals surface area contributed by atoms with Crippen LogP contribution in [-0.2, 0) is 14.6 Å². The molecule has 0 radical (unpaired) electrons. The van der Waals surface area contributed by atoms with Crippen LogP contribution < -0.4 is 0 Å². The van der Waals surface area contributed by atoms with E-state index < -0.39 is 22.8 Å². The molecule has 1 unspecified atom stereocenters. The van der Waals surface area contributed by atoms with Gasteiger partial charge in [0.1, 0.15) is 0 Å². The summed E-state index contributed by atoms with van der Waals surface area (Å²) < 4.78 is 24.8. The Morgan fingerprint density at radius 1 is 1.21 bits per heavy atom. The number of sulfone groups is 1. The first-order chi connectivity index (χ1) is 8.27. The third-order valence-corrected chi connectivity index (χ3v) is 14.8. The first-order valence-electron chi connectivity index (χ1n) is 6.69. The Bertz CT molecular complexity index is 422. The number of amides is 1. The molecule has 0 N–H and O–H groups in total. The third-order valence-electron chi connectivity index (χ3n) is 4.43. The van der Waals surface area contributed by atoms with Gasteiger partial charge in [-0.1, -0.05) is 40.8 Å². The van der Waals surface area contributed by atoms with E-state index >= 15 is 0 Å². The smallest absolute Gasteiger partial charge is 0.223 e. The maximum Gasteiger partial charge on any atom is 0.223 e. The van der Waals surface area contributed by atoms with Gasteiger partial charge < -0.3 is 4.90 Å². The maximum absolute atomic E-state index is 12.4. The number of rotatable bonds is 5. The van der Waals surface area contributed by atoms with Gasteiger partial charge in [0, 0.05) is 26.3 Å². The molecule has 4 nitrogen and oxygen atoms in total. The molecule has 6 heteroatoms. The molecular formula is C13H29NO3SSi. The standard InChI is InChI=1S/C13H29NO3SSi/c1-9-18(16,17)12(10-11(15)14(5)6)19(7,8)13(2,3)4/h12H,9-10H2,1-8H3. The van der Waals surface area contributed by atoms with Crippen LogP contribution >= 0.6 is 0 Å². The SMILES string of the molecule is CCS(=O)(=O)C(CC(=O)N(C)C)[Si](C)(C)C(C)(C)C. The number of carbonyl (C=O) groups is 1. The normalized spacial score (nSPS) is 15.2. The highest BCUT2D eigenvalue weighted by atomic mass is 32.2. The van der Waals surface area contributed by atoms with E-state index in [0.717, 1.165) is 0 Å². The first-order valence-corrected chi connectivity index (χ1v) is 11.5. The fraction of sp³-hybridized carbons (Fsp3) is 0.923. The zero-order valence-electron chi connectivity index (χ0n) is 13.6. The van der Waals surface area contributed by atoms with Crippen molar-refractivity contribution >= 4 is 23.8 Å². The van der Waals surface area contributed by atoms with Gasteiger partial charge in [-0.2, -0.15) is 0 Å². The van der Waals surface area contributed by atoms with Crippen LogP contribution in [0, 0.1) is 0 Å². The van der Waals surface area contributed by atoms with Crippen molar-refractivity contribution in [1.29, 1.82) is 0 Å². The largest absolute Gasteiger partial charge is 0.349 e. The predicted molar refractivity (Wildman–Crippen MR) is 83.8 cm³/mol. The second kappa shape index (κ2) is 5.95. The van der Waals surface area contributed by atoms with E-state index in [1.807, 2.05) is 0 Å². The van der Waals surface area contributed by atoms with Gasteiger partial charge in [0.15, 0.2) is 9.84 Å². The Labute approximate surface area is 119 Å². The van der Waals surface area contributed by atoms with Crippen LogP contribution in [-0.4, -0.2) is 52.0 Å². The average molecular weight is 308 g/mol. The summed E-state index contributed by atoms with van der Waals surface area (Å²) in [5.41, 5.74) is 0. The van der Waals surface area contributed by atoms with Gasteiger partial charge in [0.2, 0.25) is 5.91 Å². The molecule has 0 aliphatic carbocycles. The summed E-state index contributed by atoms with van der Waals surface area (Å²) in [6.45, 7) is 12.1. The van der Waals surface area contributed by atoms with Gasteiger partial charge >= 0.3 is 0 Å². The fourth-order valence-electron chi connectivity index (χ4n) is 1.86. The lowest BCUT2D eigenvalue weighted by Gasteiger charge is -2.42. The zero-order chi connectivity index (χ0) is 15.6. The highest BCUT2D eigenvalue weighted by molar-refractivity contribution is 7.93. The monoisotopic (exact) mass is 307 g/mol. The molecule has 0 aliphatic heterocycles. The van der Waals surface area contributed by atoms with Gasteiger partial charge in [-0.3, -0.25) is 4.79 Å². The highest BCUT2D eigenvalue weighted by Crippen LogP contribution is 2.41. The molecule has 19 heavy (non-hydrogen) atoms. The van der Waals surface area contributed by atoms with Crippen molar-refractivity contribution < 1.29 is 13.2 Å². The number of hydrogen-bond donors (Lipinski definition) is 0. The van der Waals surface area contributed by atoms with Gasteiger partial charge in [-0.15, -0.1) is 0 Å². The minimum Gasteiger partial charge on any atom is -0.349 e. The van der Waals surface area contributed by atoms with Crippen LogP contribution in [0.2, 0.25) is 18.1 Å². The van der Waals surface area contributed by atoms with E-state index in [1.54, 1.807) is 21.0 Å². The van der Waals surface area contributed by atoms with E-state index in [4.69, 9.17) is 0 Å². The third kappa shape index (κ3) is 4.31. The molecule has 0 heterocycles. The molecule has 0 saturated heterocycles. The molecular weight excluding hydrogens is 278 g/mol. The molecule has 0 aromatic carbocycles. The number of nitrogens with zero attached hydrogens (tertiary/aromatic N) is 1. The second-order valence-corrected chi connectivity index (χ2v) is 15.4. The summed E-state index contributed by atoms with van der Waals surface area (Å²) in [6.07, 6.45) is 0.111. The Kier molecular flexibility index (Phi) is 5.84. The van der Waals surface area contributed by atoms with Crippen molar-refractivity contribution in [2.75, 3.05) is 19.8 Å². The first kappa shape index (κ1) is 18.6. The van der Waals surface area contributed by atoms with Gasteiger partial charge in [0.05, 0.1) is 12.9 Å². The van der Waals surface area contributed by atoms with Crippen molar-refractivity contribution in [3.05, 3.63) is 0 Å². The Morgan fingerprint density at radius 3 is 1.89 bits per heavy atom. The molecule has 0 fully saturated rings. The lowest BCUT2D eigenvalue weighted by Crippen LogP contribution is -2.55. The van der Waals surface area contributed by atoms with E-state index in [2.05, 4.69) is 33.9 Å². The van der Waals surface area contributed by atoms with E-state index in [0.29, 0.717) is 0 Å². The van der Waals surface area contributed by atoms with Gasteiger partial charge in [0.25, 0.3) is 0 Å². The average Bonchev–Trinajstić information content (AvgIpc) is 2.23. The second-order valence-electron chi connectivity index (χ2n) is 6.90. The van der Waals surface area contributed by atoms with Crippen LogP contribution in [0.15, 0.2) is 0 Å². The van der Waals surface area contributed by atoms with Gasteiger partial charge in [-0.25, -0.2) is 8.42 Å². The molecule has 0 aromatic rings. The van der Waals surface area contributed by atoms with Gasteiger partial charge in [-0.05, 0) is 5.04 Å². The van der Waals surface area contributed by atoms with Crippen LogP contribution in [0.1, 0.15) is 34.1 Å². The molecule has 0 saturated carbocycles. The Hall–Kier alpha value is -0.363. The molecule has 0 rings (SSSR count). The predicted octanol–water partition coefficient (Wildman–Crippen LogP) is 2.32.